The molecule has 1 saturated heterocycles. The smallest absolute Gasteiger partial charge is 0.291 e. The van der Waals surface area contributed by atoms with E-state index in [0.717, 1.165) is 34.4 Å². The van der Waals surface area contributed by atoms with E-state index in [1.54, 1.807) is 0 Å². The Hall–Kier alpha value is -2.93. The van der Waals surface area contributed by atoms with E-state index in [4.69, 9.17) is 9.47 Å². The van der Waals surface area contributed by atoms with Crippen LogP contribution in [0.1, 0.15) is 41.2 Å². The number of hydrogen-bond acceptors (Lipinski definition) is 6. The van der Waals surface area contributed by atoms with E-state index in [2.05, 4.69) is 5.32 Å². The summed E-state index contributed by atoms with van der Waals surface area (Å²) in [4.78, 5) is 24.1. The van der Waals surface area contributed by atoms with Crippen molar-refractivity contribution in [3.63, 3.8) is 0 Å². The summed E-state index contributed by atoms with van der Waals surface area (Å²) in [5.74, 6) is 1.46. The number of aromatic hydroxyl groups is 1. The van der Waals surface area contributed by atoms with Crippen LogP contribution < -0.4 is 10.1 Å². The fourth-order valence-corrected chi connectivity index (χ4v) is 4.54. The van der Waals surface area contributed by atoms with Crippen molar-refractivity contribution in [2.45, 2.75) is 46.1 Å². The maximum atomic E-state index is 12.3. The molecular weight excluding hydrogens is 414 g/mol. The minimum atomic E-state index is -0.632. The highest BCUT2D eigenvalue weighted by atomic mass is 32.2. The molecule has 2 aromatic rings. The van der Waals surface area contributed by atoms with Gasteiger partial charge in [-0.3, -0.25) is 9.59 Å². The number of fused-ring (bicyclic) bond motifs is 1. The first-order chi connectivity index (χ1) is 14.7. The SMILES string of the molecule is Cc1c(C)c2c(c(C)c1O)CCC(C)(COC(=C1NC(=O)SC1=O)c1ccccc1)O2. The molecule has 1 amide bonds. The second-order valence-electron chi connectivity index (χ2n) is 8.24. The number of benzene rings is 2. The highest BCUT2D eigenvalue weighted by molar-refractivity contribution is 8.27. The lowest BCUT2D eigenvalue weighted by Gasteiger charge is -2.38. The van der Waals surface area contributed by atoms with E-state index in [1.165, 1.54) is 0 Å². The first-order valence-corrected chi connectivity index (χ1v) is 11.0. The van der Waals surface area contributed by atoms with Gasteiger partial charge in [0.1, 0.15) is 29.4 Å². The summed E-state index contributed by atoms with van der Waals surface area (Å²) in [6, 6.07) is 9.25. The molecule has 6 nitrogen and oxygen atoms in total. The third-order valence-electron chi connectivity index (χ3n) is 5.99. The Bertz CT molecular complexity index is 1110. The molecule has 31 heavy (non-hydrogen) atoms. The molecule has 162 valence electrons. The second kappa shape index (κ2) is 7.96. The van der Waals surface area contributed by atoms with Gasteiger partial charge in [-0.15, -0.1) is 0 Å². The Morgan fingerprint density at radius 1 is 1.16 bits per heavy atom. The average Bonchev–Trinajstić information content (AvgIpc) is 3.09. The van der Waals surface area contributed by atoms with Crippen LogP contribution in [-0.4, -0.2) is 27.7 Å². The lowest BCUT2D eigenvalue weighted by molar-refractivity contribution is -0.107. The van der Waals surface area contributed by atoms with Gasteiger partial charge in [0.05, 0.1) is 0 Å². The van der Waals surface area contributed by atoms with E-state index in [-0.39, 0.29) is 17.4 Å². The zero-order chi connectivity index (χ0) is 22.3. The van der Waals surface area contributed by atoms with E-state index in [9.17, 15) is 14.7 Å². The van der Waals surface area contributed by atoms with Gasteiger partial charge in [-0.25, -0.2) is 0 Å². The lowest BCUT2D eigenvalue weighted by atomic mass is 9.87. The number of nitrogens with one attached hydrogen (secondary N) is 1. The van der Waals surface area contributed by atoms with E-state index < -0.39 is 10.8 Å². The largest absolute Gasteiger partial charge is 0.507 e. The fourth-order valence-electron chi connectivity index (χ4n) is 3.97. The van der Waals surface area contributed by atoms with Gasteiger partial charge in [0.2, 0.25) is 5.12 Å². The molecule has 4 rings (SSSR count). The van der Waals surface area contributed by atoms with Crippen LogP contribution in [0, 0.1) is 20.8 Å². The molecule has 1 fully saturated rings. The Labute approximate surface area is 185 Å². The highest BCUT2D eigenvalue weighted by Gasteiger charge is 2.37. The Balaban J connectivity index is 1.64. The monoisotopic (exact) mass is 439 g/mol. The van der Waals surface area contributed by atoms with Gasteiger partial charge in [-0.1, -0.05) is 30.3 Å². The number of phenols is 1. The number of carbonyl (C=O) groups is 2. The van der Waals surface area contributed by atoms with E-state index in [1.807, 2.05) is 58.0 Å². The Morgan fingerprint density at radius 3 is 2.52 bits per heavy atom. The van der Waals surface area contributed by atoms with Gasteiger partial charge in [0.15, 0.2) is 5.76 Å². The summed E-state index contributed by atoms with van der Waals surface area (Å²) >= 11 is 0.628. The van der Waals surface area contributed by atoms with Gasteiger partial charge >= 0.3 is 0 Å². The van der Waals surface area contributed by atoms with Crippen molar-refractivity contribution >= 4 is 27.9 Å². The Morgan fingerprint density at radius 2 is 1.87 bits per heavy atom. The normalized spacial score (nSPS) is 21.9. The third kappa shape index (κ3) is 3.90. The van der Waals surface area contributed by atoms with Crippen molar-refractivity contribution < 1.29 is 24.2 Å². The number of thioether (sulfide) groups is 1. The number of carbonyl (C=O) groups excluding carboxylic acids is 2. The van der Waals surface area contributed by atoms with Crippen LogP contribution in [0.4, 0.5) is 4.79 Å². The maximum absolute atomic E-state index is 12.3. The van der Waals surface area contributed by atoms with Crippen molar-refractivity contribution in [3.8, 4) is 11.5 Å². The predicted molar refractivity (Wildman–Crippen MR) is 120 cm³/mol. The number of amides is 1. The van der Waals surface area contributed by atoms with E-state index >= 15 is 0 Å². The minimum absolute atomic E-state index is 0.161. The van der Waals surface area contributed by atoms with Crippen LogP contribution in [0.3, 0.4) is 0 Å². The molecule has 2 aliphatic heterocycles. The predicted octanol–water partition coefficient (Wildman–Crippen LogP) is 4.77. The summed E-state index contributed by atoms with van der Waals surface area (Å²) in [7, 11) is 0. The van der Waals surface area contributed by atoms with Crippen molar-refractivity contribution in [3.05, 3.63) is 63.8 Å². The topological polar surface area (TPSA) is 84.9 Å². The molecule has 2 aliphatic rings. The molecule has 0 aromatic heterocycles. The number of phenolic OH excluding ortho intramolecular Hbond substituents is 1. The van der Waals surface area contributed by atoms with Crippen LogP contribution in [0.15, 0.2) is 36.0 Å². The molecule has 0 radical (unpaired) electrons. The maximum Gasteiger partial charge on any atom is 0.291 e. The molecule has 2 heterocycles. The van der Waals surface area contributed by atoms with Gasteiger partial charge < -0.3 is 19.9 Å². The zero-order valence-corrected chi connectivity index (χ0v) is 18.8. The van der Waals surface area contributed by atoms with Crippen LogP contribution in [-0.2, 0) is 16.0 Å². The standard InChI is InChI=1S/C24H25NO5S/c1-13-14(2)20-17(15(3)19(13)26)10-11-24(4,30-20)12-29-21(16-8-6-5-7-9-16)18-22(27)31-23(28)25-18/h5-9,26H,10-12H2,1-4H3,(H,25,28). The molecule has 2 aromatic carbocycles. The van der Waals surface area contributed by atoms with Crippen molar-refractivity contribution in [2.75, 3.05) is 6.61 Å². The molecule has 1 unspecified atom stereocenters. The van der Waals surface area contributed by atoms with Gasteiger partial charge in [0, 0.05) is 22.9 Å². The average molecular weight is 440 g/mol. The summed E-state index contributed by atoms with van der Waals surface area (Å²) in [5, 5.41) is 12.2. The Kier molecular flexibility index (Phi) is 5.47. The molecule has 0 aliphatic carbocycles. The third-order valence-corrected chi connectivity index (χ3v) is 6.67. The quantitative estimate of drug-likeness (QED) is 0.527. The first-order valence-electron chi connectivity index (χ1n) is 10.2. The summed E-state index contributed by atoms with van der Waals surface area (Å²) in [6.07, 6.45) is 1.44. The number of hydrogen-bond donors (Lipinski definition) is 2. The number of rotatable bonds is 4. The molecule has 0 spiro atoms. The molecule has 0 saturated carbocycles. The molecule has 2 N–H and O–H groups in total. The van der Waals surface area contributed by atoms with Crippen LogP contribution in [0.25, 0.3) is 5.76 Å². The molecular formula is C24H25NO5S. The van der Waals surface area contributed by atoms with Gasteiger partial charge in [0.25, 0.3) is 5.24 Å². The van der Waals surface area contributed by atoms with Crippen LogP contribution >= 0.6 is 11.8 Å². The highest BCUT2D eigenvalue weighted by Crippen LogP contribution is 2.43. The summed E-state index contributed by atoms with van der Waals surface area (Å²) in [5.41, 5.74) is 3.84. The molecule has 7 heteroatoms. The van der Waals surface area contributed by atoms with Gasteiger partial charge in [-0.05, 0) is 57.2 Å². The van der Waals surface area contributed by atoms with Crippen molar-refractivity contribution in [1.29, 1.82) is 0 Å². The fraction of sp³-hybridized carbons (Fsp3) is 0.333. The van der Waals surface area contributed by atoms with Crippen molar-refractivity contribution in [2.24, 2.45) is 0 Å². The minimum Gasteiger partial charge on any atom is -0.507 e. The molecule has 0 bridgehead atoms. The van der Waals surface area contributed by atoms with Crippen LogP contribution in [0.5, 0.6) is 11.5 Å². The van der Waals surface area contributed by atoms with Gasteiger partial charge in [-0.2, -0.15) is 0 Å². The summed E-state index contributed by atoms with van der Waals surface area (Å²) < 4.78 is 12.6. The summed E-state index contributed by atoms with van der Waals surface area (Å²) in [6.45, 7) is 7.92. The van der Waals surface area contributed by atoms with E-state index in [0.29, 0.717) is 35.3 Å². The van der Waals surface area contributed by atoms with Crippen LogP contribution in [0.2, 0.25) is 0 Å². The second-order valence-corrected chi connectivity index (χ2v) is 9.19. The lowest BCUT2D eigenvalue weighted by Crippen LogP contribution is -2.41. The van der Waals surface area contributed by atoms with Crippen molar-refractivity contribution in [1.82, 2.24) is 5.32 Å². The number of ether oxygens (including phenoxy) is 2. The zero-order valence-electron chi connectivity index (χ0n) is 18.0. The molecule has 1 atom stereocenters. The first kappa shape index (κ1) is 21.3.